The first-order valence-corrected chi connectivity index (χ1v) is 10.3. The topological polar surface area (TPSA) is 86.6 Å². The van der Waals surface area contributed by atoms with E-state index in [1.54, 1.807) is 13.8 Å². The maximum atomic E-state index is 10.9. The number of aliphatic hydroxyl groups is 2. The van der Waals surface area contributed by atoms with Gasteiger partial charge in [0.2, 0.25) is 0 Å². The second-order valence-corrected chi connectivity index (χ2v) is 9.07. The number of methoxy groups -OCH3 is 2. The van der Waals surface area contributed by atoms with E-state index in [4.69, 9.17) is 23.7 Å². The first-order valence-electron chi connectivity index (χ1n) is 8.49. The third kappa shape index (κ3) is 3.46. The molecule has 2 fully saturated rings. The Morgan fingerprint density at radius 3 is 2.15 bits per heavy atom. The van der Waals surface area contributed by atoms with Crippen LogP contribution in [0, 0.1) is 0 Å². The molecule has 0 radical (unpaired) electrons. The van der Waals surface area contributed by atoms with Gasteiger partial charge >= 0.3 is 159 Å². The molecule has 0 aromatic heterocycles. The molecule has 8 heteroatoms. The Morgan fingerprint density at radius 2 is 1.62 bits per heavy atom. The summed E-state index contributed by atoms with van der Waals surface area (Å²) in [4.78, 5) is 0. The normalized spacial score (nSPS) is 43.1. The molecule has 0 unspecified atom stereocenters. The first-order chi connectivity index (χ1) is 12.4. The fraction of sp³-hybridized carbons (Fsp3) is 0.667. The summed E-state index contributed by atoms with van der Waals surface area (Å²) in [7, 11) is 3.00. The average Bonchev–Trinajstić information content (AvgIpc) is 2.66. The van der Waals surface area contributed by atoms with Crippen molar-refractivity contribution in [2.75, 3.05) is 20.8 Å². The van der Waals surface area contributed by atoms with Gasteiger partial charge in [-0.2, -0.15) is 0 Å². The molecule has 2 N–H and O–H groups in total. The zero-order valence-electron chi connectivity index (χ0n) is 15.3. The third-order valence-corrected chi connectivity index (χ3v) is 7.56. The van der Waals surface area contributed by atoms with E-state index in [2.05, 4.69) is 0 Å². The third-order valence-electron chi connectivity index (χ3n) is 5.12. The predicted molar refractivity (Wildman–Crippen MR) is 94.2 cm³/mol. The number of ether oxygens (including phenoxy) is 5. The summed E-state index contributed by atoms with van der Waals surface area (Å²) < 4.78 is 30.3. The van der Waals surface area contributed by atoms with E-state index < -0.39 is 41.0 Å². The minimum atomic E-state index is -1.22. The summed E-state index contributed by atoms with van der Waals surface area (Å²) in [5.74, 6) is -2.43. The van der Waals surface area contributed by atoms with Crippen molar-refractivity contribution in [3.05, 3.63) is 30.3 Å². The van der Waals surface area contributed by atoms with Crippen LogP contribution >= 0.6 is 0 Å². The Hall–Kier alpha value is -0.541. The van der Waals surface area contributed by atoms with Gasteiger partial charge in [-0.3, -0.25) is 0 Å². The van der Waals surface area contributed by atoms with E-state index in [0.717, 1.165) is 4.46 Å². The zero-order valence-corrected chi connectivity index (χ0v) is 17.0. The molecule has 3 rings (SSSR count). The fourth-order valence-corrected chi connectivity index (χ4v) is 5.50. The van der Waals surface area contributed by atoms with Crippen molar-refractivity contribution in [3.8, 4) is 0 Å². The van der Waals surface area contributed by atoms with Crippen LogP contribution in [0.15, 0.2) is 30.3 Å². The molecular weight excluding hydrogens is 407 g/mol. The molecule has 0 amide bonds. The summed E-state index contributed by atoms with van der Waals surface area (Å²) in [6, 6.07) is 9.83. The van der Waals surface area contributed by atoms with E-state index in [1.165, 1.54) is 14.2 Å². The maximum absolute atomic E-state index is 10.9. The van der Waals surface area contributed by atoms with Crippen LogP contribution in [0.3, 0.4) is 0 Å². The quantitative estimate of drug-likeness (QED) is 0.612. The van der Waals surface area contributed by atoms with Gasteiger partial charge in [0.25, 0.3) is 0 Å². The van der Waals surface area contributed by atoms with Gasteiger partial charge in [0, 0.05) is 0 Å². The van der Waals surface area contributed by atoms with Crippen LogP contribution in [-0.2, 0) is 23.7 Å². The Morgan fingerprint density at radius 1 is 1.04 bits per heavy atom. The van der Waals surface area contributed by atoms with Crippen LogP contribution in [-0.4, -0.2) is 87.0 Å². The SMILES string of the molecule is CO[C@@]1(C)O[C@@H]2[C@@H](O)[C@H]([Se]c3ccccc3)O[C@H](CO)[C@H]2O[C@]1(C)OC. The summed E-state index contributed by atoms with van der Waals surface area (Å²) in [5, 5.41) is 20.3. The van der Waals surface area contributed by atoms with E-state index in [1.807, 2.05) is 30.3 Å². The van der Waals surface area contributed by atoms with Gasteiger partial charge in [0.15, 0.2) is 0 Å². The molecule has 0 spiro atoms. The molecular formula is C18H26O7Se. The van der Waals surface area contributed by atoms with Gasteiger partial charge in [-0.05, 0) is 0 Å². The van der Waals surface area contributed by atoms with Crippen LogP contribution in [0.2, 0.25) is 0 Å². The number of rotatable bonds is 5. The molecule has 2 heterocycles. The van der Waals surface area contributed by atoms with Crippen LogP contribution in [0.25, 0.3) is 0 Å². The Labute approximate surface area is 159 Å². The summed E-state index contributed by atoms with van der Waals surface area (Å²) in [6.07, 6.45) is -2.93. The van der Waals surface area contributed by atoms with E-state index in [-0.39, 0.29) is 21.6 Å². The molecule has 2 aliphatic heterocycles. The molecule has 0 saturated carbocycles. The first kappa shape index (κ1) is 20.2. The fourth-order valence-electron chi connectivity index (χ4n) is 3.25. The number of fused-ring (bicyclic) bond motifs is 1. The molecule has 0 aliphatic carbocycles. The van der Waals surface area contributed by atoms with Crippen molar-refractivity contribution in [1.82, 2.24) is 0 Å². The van der Waals surface area contributed by atoms with E-state index in [0.29, 0.717) is 0 Å². The zero-order chi connectivity index (χ0) is 18.9. The van der Waals surface area contributed by atoms with Gasteiger partial charge in [0.1, 0.15) is 0 Å². The van der Waals surface area contributed by atoms with Gasteiger partial charge in [-0.25, -0.2) is 0 Å². The molecule has 2 aliphatic rings. The van der Waals surface area contributed by atoms with Crippen LogP contribution in [0.5, 0.6) is 0 Å². The van der Waals surface area contributed by atoms with Gasteiger partial charge in [-0.15, -0.1) is 0 Å². The molecule has 1 aromatic rings. The Balaban J connectivity index is 1.86. The summed E-state index contributed by atoms with van der Waals surface area (Å²) >= 11 is -0.159. The van der Waals surface area contributed by atoms with Gasteiger partial charge in [-0.1, -0.05) is 0 Å². The van der Waals surface area contributed by atoms with Crippen molar-refractivity contribution in [2.24, 2.45) is 0 Å². The number of hydrogen-bond donors (Lipinski definition) is 2. The van der Waals surface area contributed by atoms with Gasteiger partial charge < -0.3 is 0 Å². The number of aliphatic hydroxyl groups excluding tert-OH is 2. The molecule has 2 saturated heterocycles. The Bertz CT molecular complexity index is 602. The second kappa shape index (κ2) is 7.83. The molecule has 1 aromatic carbocycles. The van der Waals surface area contributed by atoms with E-state index >= 15 is 0 Å². The van der Waals surface area contributed by atoms with Crippen molar-refractivity contribution in [1.29, 1.82) is 0 Å². The van der Waals surface area contributed by atoms with E-state index in [9.17, 15) is 10.2 Å². The molecule has 0 bridgehead atoms. The Kier molecular flexibility index (Phi) is 6.08. The van der Waals surface area contributed by atoms with Crippen molar-refractivity contribution in [2.45, 2.75) is 54.8 Å². The molecule has 146 valence electrons. The average molecular weight is 433 g/mol. The predicted octanol–water partition coefficient (Wildman–Crippen LogP) is -0.397. The van der Waals surface area contributed by atoms with Crippen molar-refractivity contribution >= 4 is 19.4 Å². The monoisotopic (exact) mass is 434 g/mol. The van der Waals surface area contributed by atoms with Crippen molar-refractivity contribution in [3.63, 3.8) is 0 Å². The summed E-state index contributed by atoms with van der Waals surface area (Å²) in [5.41, 5.74) is 0. The standard InChI is InChI=1S/C18H26O7Se/c1-17(21-3)18(2,22-4)25-15-13(20)16(23-12(10-19)14(15)24-17)26-11-8-6-5-7-9-11/h5-9,12-16,19-20H,10H2,1-4H3/t12-,13-,14-,15-,16+,17+,18+/m1/s1. The van der Waals surface area contributed by atoms with Crippen LogP contribution in [0.4, 0.5) is 0 Å². The molecule has 7 atom stereocenters. The van der Waals surface area contributed by atoms with Crippen LogP contribution in [0.1, 0.15) is 13.8 Å². The molecule has 26 heavy (non-hydrogen) atoms. The number of benzene rings is 1. The second-order valence-electron chi connectivity index (χ2n) is 6.61. The molecule has 7 nitrogen and oxygen atoms in total. The minimum absolute atomic E-state index is 0.159. The van der Waals surface area contributed by atoms with Crippen molar-refractivity contribution < 1.29 is 33.9 Å². The van der Waals surface area contributed by atoms with Gasteiger partial charge in [0.05, 0.1) is 0 Å². The number of hydrogen-bond acceptors (Lipinski definition) is 7. The van der Waals surface area contributed by atoms with Crippen LogP contribution < -0.4 is 4.46 Å². The summed E-state index contributed by atoms with van der Waals surface area (Å²) in [6.45, 7) is 3.16.